The van der Waals surface area contributed by atoms with Gasteiger partial charge in [-0.1, -0.05) is 39.0 Å². The smallest absolute Gasteiger partial charge is 0.296 e. The second-order valence-corrected chi connectivity index (χ2v) is 12.3. The molecule has 0 aliphatic carbocycles. The Labute approximate surface area is 230 Å². The van der Waals surface area contributed by atoms with Crippen molar-refractivity contribution in [2.45, 2.75) is 36.0 Å². The third-order valence-corrected chi connectivity index (χ3v) is 7.40. The van der Waals surface area contributed by atoms with E-state index in [1.54, 1.807) is 11.7 Å². The third-order valence-electron chi connectivity index (χ3n) is 5.65. The fraction of sp³-hybridized carbons (Fsp3) is 0.208. The second kappa shape index (κ2) is 10.3. The monoisotopic (exact) mass is 584 g/mol. The standard InChI is InChI=1S/C24H24N8O6S2/c1-24(2,3)21-20(23(26-4)31(30-21)16-8-6-5-7-9-16)28-29-22-15(13-25)14-27-32(22)18-12-17(39(33,34)35)10-11-19(18)40(36,37)38/h5-12,14,26H,1-4H3,(H,33,34,35)(H,36,37,38)/b29-28+. The Balaban J connectivity index is 1.98. The molecule has 16 heteroatoms. The molecule has 0 radical (unpaired) electrons. The van der Waals surface area contributed by atoms with Crippen LogP contribution in [0.5, 0.6) is 0 Å². The summed E-state index contributed by atoms with van der Waals surface area (Å²) in [5.41, 5.74) is 0.457. The molecule has 0 bridgehead atoms. The van der Waals surface area contributed by atoms with Crippen LogP contribution in [0.4, 0.5) is 17.3 Å². The number of hydrogen-bond acceptors (Lipinski definition) is 10. The van der Waals surface area contributed by atoms with Gasteiger partial charge in [0.25, 0.3) is 20.2 Å². The largest absolute Gasteiger partial charge is 0.371 e. The minimum absolute atomic E-state index is 0.138. The van der Waals surface area contributed by atoms with E-state index in [4.69, 9.17) is 5.10 Å². The lowest BCUT2D eigenvalue weighted by Gasteiger charge is -2.15. The Bertz CT molecular complexity index is 1880. The van der Waals surface area contributed by atoms with E-state index in [1.165, 1.54) is 0 Å². The van der Waals surface area contributed by atoms with Crippen LogP contribution in [-0.4, -0.2) is 52.5 Å². The Kier molecular flexibility index (Phi) is 7.34. The van der Waals surface area contributed by atoms with Crippen LogP contribution in [0.1, 0.15) is 32.0 Å². The van der Waals surface area contributed by atoms with Gasteiger partial charge in [-0.05, 0) is 30.3 Å². The molecule has 0 fully saturated rings. The van der Waals surface area contributed by atoms with Crippen molar-refractivity contribution in [1.82, 2.24) is 19.6 Å². The molecule has 0 aliphatic heterocycles. The number of rotatable bonds is 7. The molecule has 14 nitrogen and oxygen atoms in total. The molecule has 208 valence electrons. The molecular weight excluding hydrogens is 560 g/mol. The van der Waals surface area contributed by atoms with Crippen molar-refractivity contribution in [2.24, 2.45) is 10.2 Å². The molecule has 2 heterocycles. The van der Waals surface area contributed by atoms with Crippen molar-refractivity contribution in [3.63, 3.8) is 0 Å². The summed E-state index contributed by atoms with van der Waals surface area (Å²) < 4.78 is 69.5. The van der Waals surface area contributed by atoms with Gasteiger partial charge in [-0.3, -0.25) is 9.11 Å². The van der Waals surface area contributed by atoms with Crippen LogP contribution < -0.4 is 5.32 Å². The van der Waals surface area contributed by atoms with Gasteiger partial charge in [-0.25, -0.2) is 9.36 Å². The van der Waals surface area contributed by atoms with Gasteiger partial charge >= 0.3 is 0 Å². The molecular formula is C24H24N8O6S2. The summed E-state index contributed by atoms with van der Waals surface area (Å²) in [5.74, 6) is 0.200. The van der Waals surface area contributed by atoms with E-state index in [-0.39, 0.29) is 11.4 Å². The fourth-order valence-electron chi connectivity index (χ4n) is 3.82. The first kappa shape index (κ1) is 28.6. The van der Waals surface area contributed by atoms with Crippen molar-refractivity contribution in [1.29, 1.82) is 5.26 Å². The number of hydrogen-bond donors (Lipinski definition) is 3. The summed E-state index contributed by atoms with van der Waals surface area (Å²) in [6.45, 7) is 5.77. The number of benzene rings is 2. The average Bonchev–Trinajstić information content (AvgIpc) is 3.47. The van der Waals surface area contributed by atoms with Crippen LogP contribution in [-0.2, 0) is 25.7 Å². The van der Waals surface area contributed by atoms with Crippen LogP contribution in [0, 0.1) is 11.3 Å². The van der Waals surface area contributed by atoms with Crippen molar-refractivity contribution in [3.05, 3.63) is 66.0 Å². The summed E-state index contributed by atoms with van der Waals surface area (Å²) in [6, 6.07) is 13.5. The van der Waals surface area contributed by atoms with E-state index in [0.717, 1.165) is 34.8 Å². The maximum absolute atomic E-state index is 12.1. The first-order chi connectivity index (χ1) is 18.7. The fourth-order valence-corrected chi connectivity index (χ4v) is 4.97. The maximum Gasteiger partial charge on any atom is 0.296 e. The molecule has 0 saturated heterocycles. The highest BCUT2D eigenvalue weighted by Gasteiger charge is 2.28. The summed E-state index contributed by atoms with van der Waals surface area (Å²) in [7, 11) is -8.01. The zero-order valence-corrected chi connectivity index (χ0v) is 23.3. The van der Waals surface area contributed by atoms with Crippen LogP contribution in [0.2, 0.25) is 0 Å². The predicted octanol–water partition coefficient (Wildman–Crippen LogP) is 4.18. The molecule has 3 N–H and O–H groups in total. The maximum atomic E-state index is 12.1. The molecule has 0 atom stereocenters. The lowest BCUT2D eigenvalue weighted by atomic mass is 9.91. The van der Waals surface area contributed by atoms with Crippen molar-refractivity contribution < 1.29 is 25.9 Å². The van der Waals surface area contributed by atoms with Gasteiger partial charge in [0.05, 0.1) is 28.2 Å². The highest BCUT2D eigenvalue weighted by Crippen LogP contribution is 2.40. The molecule has 2 aromatic carbocycles. The van der Waals surface area contributed by atoms with Crippen LogP contribution >= 0.6 is 0 Å². The van der Waals surface area contributed by atoms with Crippen LogP contribution in [0.25, 0.3) is 11.4 Å². The van der Waals surface area contributed by atoms with Gasteiger partial charge in [0, 0.05) is 12.5 Å². The quantitative estimate of drug-likeness (QED) is 0.209. The lowest BCUT2D eigenvalue weighted by molar-refractivity contribution is 0.477. The number of anilines is 1. The minimum atomic E-state index is -4.91. The molecule has 0 saturated carbocycles. The van der Waals surface area contributed by atoms with Gasteiger partial charge in [-0.15, -0.1) is 10.2 Å². The van der Waals surface area contributed by atoms with E-state index in [0.29, 0.717) is 17.2 Å². The topological polar surface area (TPSA) is 205 Å². The molecule has 0 aliphatic rings. The Hall–Kier alpha value is -4.43. The van der Waals surface area contributed by atoms with Crippen molar-refractivity contribution in [3.8, 4) is 17.4 Å². The zero-order valence-electron chi connectivity index (χ0n) is 21.7. The Morgan fingerprint density at radius 2 is 1.65 bits per heavy atom. The van der Waals surface area contributed by atoms with E-state index in [2.05, 4.69) is 20.6 Å². The van der Waals surface area contributed by atoms with Crippen LogP contribution in [0.15, 0.2) is 74.7 Å². The average molecular weight is 585 g/mol. The lowest BCUT2D eigenvalue weighted by Crippen LogP contribution is -2.13. The number of nitrogens with one attached hydrogen (secondary N) is 1. The summed E-state index contributed by atoms with van der Waals surface area (Å²) in [4.78, 5) is -1.42. The Morgan fingerprint density at radius 3 is 2.20 bits per heavy atom. The van der Waals surface area contributed by atoms with E-state index in [1.807, 2.05) is 57.2 Å². The van der Waals surface area contributed by atoms with Gasteiger partial charge in [-0.2, -0.15) is 32.3 Å². The Morgan fingerprint density at radius 1 is 0.975 bits per heavy atom. The van der Waals surface area contributed by atoms with E-state index >= 15 is 0 Å². The molecule has 4 rings (SSSR count). The summed E-state index contributed by atoms with van der Waals surface area (Å²) in [6.07, 6.45) is 1.07. The first-order valence-electron chi connectivity index (χ1n) is 11.5. The first-order valence-corrected chi connectivity index (χ1v) is 14.4. The minimum Gasteiger partial charge on any atom is -0.371 e. The highest BCUT2D eigenvalue weighted by molar-refractivity contribution is 7.86. The molecule has 2 aromatic heterocycles. The molecule has 0 unspecified atom stereocenters. The predicted molar refractivity (Wildman–Crippen MR) is 144 cm³/mol. The highest BCUT2D eigenvalue weighted by atomic mass is 32.2. The second-order valence-electron chi connectivity index (χ2n) is 9.48. The SMILES string of the molecule is CNc1c(/N=N/c2c(C#N)cnn2-c2cc(S(=O)(=O)O)ccc2S(=O)(=O)O)c(C(C)(C)C)nn1-c1ccccc1. The van der Waals surface area contributed by atoms with Gasteiger partial charge in [0.2, 0.25) is 0 Å². The zero-order chi connectivity index (χ0) is 29.5. The molecule has 0 amide bonds. The molecule has 40 heavy (non-hydrogen) atoms. The van der Waals surface area contributed by atoms with Gasteiger partial charge < -0.3 is 5.32 Å². The number of aromatic nitrogens is 4. The van der Waals surface area contributed by atoms with Crippen LogP contribution in [0.3, 0.4) is 0 Å². The number of para-hydroxylation sites is 1. The van der Waals surface area contributed by atoms with Crippen molar-refractivity contribution >= 4 is 37.6 Å². The number of nitrogens with zero attached hydrogens (tertiary/aromatic N) is 7. The van der Waals surface area contributed by atoms with Crippen molar-refractivity contribution in [2.75, 3.05) is 12.4 Å². The van der Waals surface area contributed by atoms with E-state index < -0.39 is 41.1 Å². The molecule has 0 spiro atoms. The van der Waals surface area contributed by atoms with Gasteiger partial charge in [0.1, 0.15) is 16.5 Å². The summed E-state index contributed by atoms with van der Waals surface area (Å²) in [5, 5.41) is 30.1. The normalized spacial score (nSPS) is 12.5. The molecule has 4 aromatic rings. The third kappa shape index (κ3) is 5.49. The number of nitriles is 1. The van der Waals surface area contributed by atoms with Gasteiger partial charge in [0.15, 0.2) is 17.3 Å². The number of azo groups is 1. The van der Waals surface area contributed by atoms with E-state index in [9.17, 15) is 31.2 Å². The summed E-state index contributed by atoms with van der Waals surface area (Å²) >= 11 is 0.